The normalized spacial score (nSPS) is 16.5. The molecular formula is C24H44NO6+. The molecule has 0 aliphatic heterocycles. The number of quaternary nitrogens is 1. The monoisotopic (exact) mass is 442 g/mol. The summed E-state index contributed by atoms with van der Waals surface area (Å²) in [7, 11) is 0. The highest BCUT2D eigenvalue weighted by atomic mass is 16.4. The topological polar surface area (TPSA) is 112 Å². The molecule has 0 aliphatic carbocycles. The van der Waals surface area contributed by atoms with Gasteiger partial charge in [0.1, 0.15) is 0 Å². The zero-order valence-electron chi connectivity index (χ0n) is 19.9. The first-order chi connectivity index (χ1) is 14.7. The molecule has 0 rings (SSSR count). The van der Waals surface area contributed by atoms with E-state index in [-0.39, 0.29) is 25.8 Å². The Labute approximate surface area is 187 Å². The number of carboxylic acids is 3. The Balaban J connectivity index is 5.51. The average molecular weight is 443 g/mol. The molecule has 3 unspecified atom stereocenters. The van der Waals surface area contributed by atoms with E-state index in [2.05, 4.69) is 19.1 Å². The van der Waals surface area contributed by atoms with E-state index >= 15 is 0 Å². The lowest BCUT2D eigenvalue weighted by Crippen LogP contribution is -2.72. The highest BCUT2D eigenvalue weighted by molar-refractivity contribution is 5.78. The summed E-state index contributed by atoms with van der Waals surface area (Å²) in [4.78, 5) is 36.4. The number of unbranched alkanes of at least 4 members (excludes halogenated alkanes) is 6. The highest BCUT2D eigenvalue weighted by Crippen LogP contribution is 2.32. The molecule has 0 aromatic carbocycles. The molecule has 0 heterocycles. The Bertz CT molecular complexity index is 519. The van der Waals surface area contributed by atoms with E-state index in [0.29, 0.717) is 6.42 Å². The fourth-order valence-electron chi connectivity index (χ4n) is 4.84. The van der Waals surface area contributed by atoms with Crippen LogP contribution < -0.4 is 0 Å². The van der Waals surface area contributed by atoms with Gasteiger partial charge in [0, 0.05) is 19.3 Å². The molecule has 0 amide bonds. The number of rotatable bonds is 19. The number of hydrogen-bond acceptors (Lipinski definition) is 3. The number of allylic oxidation sites excluding steroid dienone is 2. The number of hydrogen-bond donors (Lipinski definition) is 3. The molecule has 3 N–H and O–H groups in total. The van der Waals surface area contributed by atoms with Crippen LogP contribution in [0.15, 0.2) is 12.2 Å². The Morgan fingerprint density at radius 2 is 1.03 bits per heavy atom. The van der Waals surface area contributed by atoms with Gasteiger partial charge in [-0.15, -0.1) is 0 Å². The van der Waals surface area contributed by atoms with Crippen molar-refractivity contribution in [2.75, 3.05) is 6.54 Å². The van der Waals surface area contributed by atoms with Crippen molar-refractivity contribution in [1.29, 1.82) is 0 Å². The van der Waals surface area contributed by atoms with Crippen LogP contribution in [0.25, 0.3) is 0 Å². The standard InChI is InChI=1S/C24H43NO6/c1-5-9-10-11-12-13-14-15-16-17-18-25(19(6-2)22(26)27,20(7-3)23(28)29)21(8-4)24(30)31/h11-12,19-21H,5-10,13-18H2,1-4H3,(H2-,26,27,28,29,30,31)/p+1/b12-11+. The molecule has 0 fully saturated rings. The van der Waals surface area contributed by atoms with E-state index in [1.54, 1.807) is 20.8 Å². The van der Waals surface area contributed by atoms with Crippen molar-refractivity contribution < 1.29 is 34.2 Å². The van der Waals surface area contributed by atoms with Crippen LogP contribution in [0.4, 0.5) is 0 Å². The number of aliphatic carboxylic acids is 3. The molecule has 0 aliphatic rings. The molecule has 31 heavy (non-hydrogen) atoms. The van der Waals surface area contributed by atoms with Gasteiger partial charge < -0.3 is 15.3 Å². The first-order valence-electron chi connectivity index (χ1n) is 11.9. The largest absolute Gasteiger partial charge is 0.477 e. The average Bonchev–Trinajstić information content (AvgIpc) is 2.69. The van der Waals surface area contributed by atoms with E-state index in [9.17, 15) is 29.7 Å². The van der Waals surface area contributed by atoms with Crippen molar-refractivity contribution in [3.63, 3.8) is 0 Å². The summed E-state index contributed by atoms with van der Waals surface area (Å²) >= 11 is 0. The maximum atomic E-state index is 12.1. The fraction of sp³-hybridized carbons (Fsp3) is 0.792. The lowest BCUT2D eigenvalue weighted by atomic mass is 9.94. The lowest BCUT2D eigenvalue weighted by molar-refractivity contribution is -0.973. The van der Waals surface area contributed by atoms with E-state index in [1.165, 1.54) is 12.8 Å². The summed E-state index contributed by atoms with van der Waals surface area (Å²) < 4.78 is -0.416. The van der Waals surface area contributed by atoms with Gasteiger partial charge in [-0.3, -0.25) is 4.48 Å². The van der Waals surface area contributed by atoms with Crippen LogP contribution in [0, 0.1) is 0 Å². The van der Waals surface area contributed by atoms with E-state index in [4.69, 9.17) is 0 Å². The summed E-state index contributed by atoms with van der Waals surface area (Å²) in [6, 6.07) is -3.20. The lowest BCUT2D eigenvalue weighted by Gasteiger charge is -2.49. The van der Waals surface area contributed by atoms with Gasteiger partial charge in [0.15, 0.2) is 18.1 Å². The van der Waals surface area contributed by atoms with E-state index in [0.717, 1.165) is 32.1 Å². The molecule has 0 bridgehead atoms. The van der Waals surface area contributed by atoms with Gasteiger partial charge in [0.25, 0.3) is 0 Å². The molecule has 0 aromatic heterocycles. The predicted octanol–water partition coefficient (Wildman–Crippen LogP) is 5.09. The Morgan fingerprint density at radius 1 is 0.645 bits per heavy atom. The second-order valence-corrected chi connectivity index (χ2v) is 8.32. The Hall–Kier alpha value is -1.89. The molecule has 7 nitrogen and oxygen atoms in total. The molecule has 0 saturated carbocycles. The van der Waals surface area contributed by atoms with Crippen molar-refractivity contribution >= 4 is 17.9 Å². The first-order valence-corrected chi connectivity index (χ1v) is 11.9. The van der Waals surface area contributed by atoms with Crippen molar-refractivity contribution in [1.82, 2.24) is 0 Å². The third kappa shape index (κ3) is 8.63. The maximum absolute atomic E-state index is 12.1. The molecule has 0 radical (unpaired) electrons. The van der Waals surface area contributed by atoms with Crippen LogP contribution in [0.1, 0.15) is 98.3 Å². The smallest absolute Gasteiger partial charge is 0.362 e. The van der Waals surface area contributed by atoms with Crippen molar-refractivity contribution in [2.45, 2.75) is 116 Å². The Kier molecular flexibility index (Phi) is 14.9. The number of nitrogens with zero attached hydrogens (tertiary/aromatic N) is 1. The molecule has 0 aromatic rings. The minimum absolute atomic E-state index is 0.186. The first kappa shape index (κ1) is 29.1. The van der Waals surface area contributed by atoms with Crippen molar-refractivity contribution in [2.24, 2.45) is 0 Å². The van der Waals surface area contributed by atoms with Gasteiger partial charge in [-0.1, -0.05) is 59.1 Å². The van der Waals surface area contributed by atoms with Gasteiger partial charge >= 0.3 is 17.9 Å². The van der Waals surface area contributed by atoms with Crippen LogP contribution in [-0.4, -0.2) is 62.4 Å². The zero-order chi connectivity index (χ0) is 23.9. The number of carboxylic acid groups (broad SMARTS) is 3. The minimum Gasteiger partial charge on any atom is -0.477 e. The minimum atomic E-state index is -1.13. The van der Waals surface area contributed by atoms with Crippen LogP contribution in [-0.2, 0) is 14.4 Å². The van der Waals surface area contributed by atoms with Crippen molar-refractivity contribution in [3.05, 3.63) is 12.2 Å². The summed E-state index contributed by atoms with van der Waals surface area (Å²) in [5, 5.41) is 29.7. The third-order valence-corrected chi connectivity index (χ3v) is 6.31. The van der Waals surface area contributed by atoms with Crippen molar-refractivity contribution in [3.8, 4) is 0 Å². The SMILES string of the molecule is CCCC/C=C/CCCCCC[N+](C(CC)C(=O)O)(C(CC)C(=O)O)C(CC)C(=O)O. The van der Waals surface area contributed by atoms with Crippen LogP contribution in [0.2, 0.25) is 0 Å². The highest BCUT2D eigenvalue weighted by Gasteiger charge is 2.55. The predicted molar refractivity (Wildman–Crippen MR) is 122 cm³/mol. The molecule has 180 valence electrons. The molecule has 7 heteroatoms. The summed E-state index contributed by atoms with van der Waals surface area (Å²) in [6.45, 7) is 7.49. The number of carbonyl (C=O) groups is 3. The Morgan fingerprint density at radius 3 is 1.39 bits per heavy atom. The second-order valence-electron chi connectivity index (χ2n) is 8.32. The maximum Gasteiger partial charge on any atom is 0.362 e. The molecular weight excluding hydrogens is 398 g/mol. The summed E-state index contributed by atoms with van der Waals surface area (Å²) in [5.41, 5.74) is 0. The van der Waals surface area contributed by atoms with Crippen LogP contribution in [0.5, 0.6) is 0 Å². The van der Waals surface area contributed by atoms with Gasteiger partial charge in [0.05, 0.1) is 6.54 Å². The summed E-state index contributed by atoms with van der Waals surface area (Å²) in [6.07, 6.45) is 12.9. The zero-order valence-corrected chi connectivity index (χ0v) is 19.9. The fourth-order valence-corrected chi connectivity index (χ4v) is 4.84. The van der Waals surface area contributed by atoms with Crippen LogP contribution in [0.3, 0.4) is 0 Å². The van der Waals surface area contributed by atoms with E-state index in [1.807, 2.05) is 0 Å². The molecule has 3 atom stereocenters. The van der Waals surface area contributed by atoms with E-state index < -0.39 is 40.5 Å². The molecule has 0 saturated heterocycles. The van der Waals surface area contributed by atoms with Gasteiger partial charge in [-0.25, -0.2) is 14.4 Å². The molecule has 0 spiro atoms. The van der Waals surface area contributed by atoms with Crippen LogP contribution >= 0.6 is 0 Å². The van der Waals surface area contributed by atoms with Gasteiger partial charge in [0.2, 0.25) is 0 Å². The van der Waals surface area contributed by atoms with Gasteiger partial charge in [-0.05, 0) is 32.1 Å². The van der Waals surface area contributed by atoms with Gasteiger partial charge in [-0.2, -0.15) is 0 Å². The third-order valence-electron chi connectivity index (χ3n) is 6.31. The second kappa shape index (κ2) is 15.8. The quantitative estimate of drug-likeness (QED) is 0.146. The summed E-state index contributed by atoms with van der Waals surface area (Å²) in [5.74, 6) is -3.38.